The molecule has 0 radical (unpaired) electrons. The van der Waals surface area contributed by atoms with E-state index in [0.717, 1.165) is 12.5 Å². The third kappa shape index (κ3) is 2.14. The first kappa shape index (κ1) is 10.5. The van der Waals surface area contributed by atoms with Gasteiger partial charge in [0.15, 0.2) is 7.98 Å². The van der Waals surface area contributed by atoms with Gasteiger partial charge in [0, 0.05) is 3.57 Å². The van der Waals surface area contributed by atoms with Crippen molar-refractivity contribution in [3.05, 3.63) is 32.9 Å². The molecule has 1 N–H and O–H groups in total. The smallest absolute Gasteiger partial charge is 0.181 e. The van der Waals surface area contributed by atoms with Crippen molar-refractivity contribution in [3.8, 4) is 0 Å². The molecule has 1 aliphatic rings. The summed E-state index contributed by atoms with van der Waals surface area (Å²) in [4.78, 5) is 0. The van der Waals surface area contributed by atoms with Gasteiger partial charge in [-0.15, -0.1) is 0 Å². The van der Waals surface area contributed by atoms with Crippen molar-refractivity contribution < 1.29 is 0 Å². The maximum Gasteiger partial charge on any atom is 0.181 e. The molecular formula is C11H15BIN. The Hall–Kier alpha value is -0.0251. The van der Waals surface area contributed by atoms with Crippen molar-refractivity contribution in [2.24, 2.45) is 0 Å². The van der Waals surface area contributed by atoms with Crippen LogP contribution in [0.25, 0.3) is 0 Å². The van der Waals surface area contributed by atoms with Crippen LogP contribution >= 0.6 is 22.6 Å². The average Bonchev–Trinajstić information content (AvgIpc) is 2.18. The van der Waals surface area contributed by atoms with Gasteiger partial charge in [0.25, 0.3) is 0 Å². The van der Waals surface area contributed by atoms with Crippen LogP contribution in [0.3, 0.4) is 0 Å². The van der Waals surface area contributed by atoms with Crippen LogP contribution in [0.1, 0.15) is 29.9 Å². The summed E-state index contributed by atoms with van der Waals surface area (Å²) < 4.78 is 1.37. The van der Waals surface area contributed by atoms with Crippen molar-refractivity contribution in [1.29, 1.82) is 0 Å². The first-order valence-corrected chi connectivity index (χ1v) is 6.32. The van der Waals surface area contributed by atoms with Gasteiger partial charge in [0.05, 0.1) is 0 Å². The fourth-order valence-corrected chi connectivity index (χ4v) is 2.90. The SMILES string of the molecule is BNC[C@@H]1CCCc2cc(I)ccc21. The molecule has 1 aliphatic carbocycles. The van der Waals surface area contributed by atoms with Crippen molar-refractivity contribution in [2.75, 3.05) is 6.54 Å². The molecule has 0 saturated heterocycles. The molecule has 1 aromatic rings. The van der Waals surface area contributed by atoms with E-state index in [4.69, 9.17) is 0 Å². The topological polar surface area (TPSA) is 12.0 Å². The molecule has 1 nitrogen and oxygen atoms in total. The Morgan fingerprint density at radius 3 is 3.14 bits per heavy atom. The van der Waals surface area contributed by atoms with Gasteiger partial charge in [-0.2, -0.15) is 0 Å². The number of rotatable bonds is 2. The third-order valence-corrected chi connectivity index (χ3v) is 3.67. The zero-order chi connectivity index (χ0) is 9.97. The second-order valence-corrected chi connectivity index (χ2v) is 5.24. The fraction of sp³-hybridized carbons (Fsp3) is 0.455. The summed E-state index contributed by atoms with van der Waals surface area (Å²) in [5, 5.41) is 3.29. The number of benzene rings is 1. The number of nitrogens with one attached hydrogen (secondary N) is 1. The summed E-state index contributed by atoms with van der Waals surface area (Å²) >= 11 is 2.40. The van der Waals surface area contributed by atoms with E-state index in [1.165, 1.54) is 22.8 Å². The Balaban J connectivity index is 2.30. The average molecular weight is 299 g/mol. The highest BCUT2D eigenvalue weighted by Gasteiger charge is 2.18. The summed E-state index contributed by atoms with van der Waals surface area (Å²) in [7, 11) is 2.04. The molecule has 3 heteroatoms. The second-order valence-electron chi connectivity index (χ2n) is 3.99. The number of halogens is 1. The highest BCUT2D eigenvalue weighted by Crippen LogP contribution is 2.31. The molecule has 0 aromatic heterocycles. The molecule has 14 heavy (non-hydrogen) atoms. The highest BCUT2D eigenvalue weighted by atomic mass is 127. The Labute approximate surface area is 100 Å². The normalized spacial score (nSPS) is 20.5. The lowest BCUT2D eigenvalue weighted by Crippen LogP contribution is -2.22. The van der Waals surface area contributed by atoms with Crippen LogP contribution in [0, 0.1) is 3.57 Å². The van der Waals surface area contributed by atoms with Crippen molar-refractivity contribution in [2.45, 2.75) is 25.2 Å². The molecule has 0 unspecified atom stereocenters. The standard InChI is InChI=1S/C11H15BIN/c12-14-7-9-3-1-2-8-6-10(13)4-5-11(8)9/h4-6,9,14H,1-3,7,12H2/t9-/m0/s1. The first-order chi connectivity index (χ1) is 6.81. The predicted molar refractivity (Wildman–Crippen MR) is 71.4 cm³/mol. The lowest BCUT2D eigenvalue weighted by Gasteiger charge is -2.25. The number of aryl methyl sites for hydroxylation is 1. The van der Waals surface area contributed by atoms with Crippen molar-refractivity contribution >= 4 is 30.6 Å². The highest BCUT2D eigenvalue weighted by molar-refractivity contribution is 14.1. The lowest BCUT2D eigenvalue weighted by atomic mass is 9.82. The number of hydrogen-bond acceptors (Lipinski definition) is 1. The predicted octanol–water partition coefficient (Wildman–Crippen LogP) is 1.85. The summed E-state index contributed by atoms with van der Waals surface area (Å²) in [6.07, 6.45) is 3.96. The minimum absolute atomic E-state index is 0.737. The lowest BCUT2D eigenvalue weighted by molar-refractivity contribution is 0.548. The van der Waals surface area contributed by atoms with Gasteiger partial charge < -0.3 is 5.23 Å². The molecule has 1 atom stereocenters. The van der Waals surface area contributed by atoms with Crippen LogP contribution in [0.4, 0.5) is 0 Å². The van der Waals surface area contributed by atoms with E-state index in [1.54, 1.807) is 11.1 Å². The Bertz CT molecular complexity index is 327. The Kier molecular flexibility index (Phi) is 3.49. The van der Waals surface area contributed by atoms with Gasteiger partial charge in [-0.1, -0.05) is 6.07 Å². The third-order valence-electron chi connectivity index (χ3n) is 2.99. The van der Waals surface area contributed by atoms with E-state index < -0.39 is 0 Å². The van der Waals surface area contributed by atoms with E-state index in [-0.39, 0.29) is 0 Å². The molecule has 0 amide bonds. The largest absolute Gasteiger partial charge is 0.361 e. The minimum atomic E-state index is 0.737. The number of fused-ring (bicyclic) bond motifs is 1. The van der Waals surface area contributed by atoms with Crippen LogP contribution in [0.2, 0.25) is 0 Å². The molecule has 74 valence electrons. The van der Waals surface area contributed by atoms with E-state index in [2.05, 4.69) is 46.0 Å². The van der Waals surface area contributed by atoms with E-state index in [1.807, 2.05) is 7.98 Å². The van der Waals surface area contributed by atoms with E-state index in [0.29, 0.717) is 0 Å². The molecular weight excluding hydrogens is 284 g/mol. The van der Waals surface area contributed by atoms with E-state index in [9.17, 15) is 0 Å². The molecule has 0 aliphatic heterocycles. The van der Waals surface area contributed by atoms with Gasteiger partial charge in [-0.3, -0.25) is 0 Å². The van der Waals surface area contributed by atoms with Gasteiger partial charge in [0.1, 0.15) is 0 Å². The van der Waals surface area contributed by atoms with Crippen molar-refractivity contribution in [1.82, 2.24) is 5.23 Å². The van der Waals surface area contributed by atoms with Gasteiger partial charge in [0.2, 0.25) is 0 Å². The van der Waals surface area contributed by atoms with E-state index >= 15 is 0 Å². The first-order valence-electron chi connectivity index (χ1n) is 5.24. The summed E-state index contributed by atoms with van der Waals surface area (Å²) in [5.41, 5.74) is 3.15. The van der Waals surface area contributed by atoms with Crippen molar-refractivity contribution in [3.63, 3.8) is 0 Å². The molecule has 0 saturated carbocycles. The summed E-state index contributed by atoms with van der Waals surface area (Å²) in [6, 6.07) is 6.89. The fourth-order valence-electron chi connectivity index (χ4n) is 2.34. The van der Waals surface area contributed by atoms with Crippen LogP contribution in [0.5, 0.6) is 0 Å². The van der Waals surface area contributed by atoms with Crippen LogP contribution in [-0.2, 0) is 6.42 Å². The molecule has 1 aromatic carbocycles. The molecule has 0 heterocycles. The quantitative estimate of drug-likeness (QED) is 0.649. The maximum atomic E-state index is 3.29. The van der Waals surface area contributed by atoms with Gasteiger partial charge >= 0.3 is 0 Å². The second kappa shape index (κ2) is 4.66. The maximum absolute atomic E-state index is 3.29. The molecule has 0 fully saturated rings. The summed E-state index contributed by atoms with van der Waals surface area (Å²) in [5.74, 6) is 0.737. The Morgan fingerprint density at radius 2 is 2.36 bits per heavy atom. The zero-order valence-electron chi connectivity index (χ0n) is 8.52. The minimum Gasteiger partial charge on any atom is -0.361 e. The molecule has 0 bridgehead atoms. The summed E-state index contributed by atoms with van der Waals surface area (Å²) in [6.45, 7) is 1.12. The van der Waals surface area contributed by atoms with Crippen LogP contribution in [-0.4, -0.2) is 14.5 Å². The van der Waals surface area contributed by atoms with Crippen LogP contribution < -0.4 is 5.23 Å². The van der Waals surface area contributed by atoms with Crippen LogP contribution in [0.15, 0.2) is 18.2 Å². The molecule has 2 rings (SSSR count). The number of hydrogen-bond donors (Lipinski definition) is 1. The Morgan fingerprint density at radius 1 is 1.50 bits per heavy atom. The molecule has 0 spiro atoms. The van der Waals surface area contributed by atoms with Gasteiger partial charge in [-0.25, -0.2) is 0 Å². The zero-order valence-corrected chi connectivity index (χ0v) is 10.7. The monoisotopic (exact) mass is 299 g/mol. The van der Waals surface area contributed by atoms with Gasteiger partial charge in [-0.05, 0) is 77.6 Å².